The smallest absolute Gasteiger partial charge is 0.257 e. The molecule has 0 saturated heterocycles. The lowest BCUT2D eigenvalue weighted by atomic mass is 9.79. The monoisotopic (exact) mass is 390 g/mol. The van der Waals surface area contributed by atoms with Crippen molar-refractivity contribution in [2.24, 2.45) is 5.92 Å². The molecular weight excluding hydrogens is 364 g/mol. The van der Waals surface area contributed by atoms with Crippen LogP contribution in [0.4, 0.5) is 0 Å². The molecule has 1 saturated carbocycles. The van der Waals surface area contributed by atoms with Gasteiger partial charge in [-0.05, 0) is 55.9 Å². The maximum absolute atomic E-state index is 5.49. The first kappa shape index (κ1) is 17.7. The fourth-order valence-electron chi connectivity index (χ4n) is 3.68. The van der Waals surface area contributed by atoms with Crippen molar-refractivity contribution < 1.29 is 4.52 Å². The van der Waals surface area contributed by atoms with Crippen LogP contribution < -0.4 is 0 Å². The van der Waals surface area contributed by atoms with Gasteiger partial charge in [-0.25, -0.2) is 0 Å². The third-order valence-electron chi connectivity index (χ3n) is 5.21. The average Bonchev–Trinajstić information content (AvgIpc) is 3.10. The molecule has 1 aliphatic carbocycles. The Morgan fingerprint density at radius 3 is 2.50 bits per heavy atom. The Morgan fingerprint density at radius 1 is 1.04 bits per heavy atom. The van der Waals surface area contributed by atoms with Gasteiger partial charge in [0.25, 0.3) is 5.89 Å². The molecule has 130 valence electrons. The molecule has 0 amide bonds. The lowest BCUT2D eigenvalue weighted by Gasteiger charge is -2.26. The van der Waals surface area contributed by atoms with Gasteiger partial charge in [-0.15, -0.1) is 0 Å². The summed E-state index contributed by atoms with van der Waals surface area (Å²) in [7, 11) is 0. The first-order valence-corrected chi connectivity index (χ1v) is 10.1. The van der Waals surface area contributed by atoms with Crippen molar-refractivity contribution in [3.8, 4) is 11.5 Å². The van der Waals surface area contributed by atoms with Gasteiger partial charge in [-0.3, -0.25) is 0 Å². The Balaban J connectivity index is 1.51. The van der Waals surface area contributed by atoms with Crippen LogP contribution in [0.25, 0.3) is 11.5 Å². The van der Waals surface area contributed by atoms with Crippen LogP contribution >= 0.6 is 15.9 Å². The van der Waals surface area contributed by atoms with Crippen molar-refractivity contribution in [2.75, 3.05) is 0 Å². The molecule has 1 heterocycles. The number of benzene rings is 1. The summed E-state index contributed by atoms with van der Waals surface area (Å²) < 4.78 is 6.54. The van der Waals surface area contributed by atoms with Crippen molar-refractivity contribution in [3.05, 3.63) is 34.6 Å². The summed E-state index contributed by atoms with van der Waals surface area (Å²) in [6.07, 6.45) is 12.0. The van der Waals surface area contributed by atoms with Crippen molar-refractivity contribution in [3.63, 3.8) is 0 Å². The highest BCUT2D eigenvalue weighted by atomic mass is 79.9. The van der Waals surface area contributed by atoms with Gasteiger partial charge in [0.05, 0.1) is 0 Å². The molecule has 1 aromatic heterocycles. The highest BCUT2D eigenvalue weighted by Gasteiger charge is 2.25. The van der Waals surface area contributed by atoms with Gasteiger partial charge in [0, 0.05) is 16.0 Å². The largest absolute Gasteiger partial charge is 0.334 e. The van der Waals surface area contributed by atoms with Crippen molar-refractivity contribution >= 4 is 15.9 Å². The Morgan fingerprint density at radius 2 is 1.79 bits per heavy atom. The maximum atomic E-state index is 5.49. The average molecular weight is 391 g/mol. The van der Waals surface area contributed by atoms with E-state index in [1.165, 1.54) is 57.8 Å². The van der Waals surface area contributed by atoms with E-state index in [1.807, 2.05) is 24.3 Å². The molecule has 0 unspecified atom stereocenters. The fourth-order valence-corrected chi connectivity index (χ4v) is 3.94. The first-order valence-electron chi connectivity index (χ1n) is 9.35. The molecule has 0 N–H and O–H groups in total. The highest BCUT2D eigenvalue weighted by Crippen LogP contribution is 2.37. The van der Waals surface area contributed by atoms with Crippen LogP contribution in [0.15, 0.2) is 33.3 Å². The summed E-state index contributed by atoms with van der Waals surface area (Å²) in [6, 6.07) is 8.02. The van der Waals surface area contributed by atoms with Gasteiger partial charge < -0.3 is 4.52 Å². The van der Waals surface area contributed by atoms with Gasteiger partial charge in [0.15, 0.2) is 5.82 Å². The summed E-state index contributed by atoms with van der Waals surface area (Å²) in [5.74, 6) is 2.93. The number of rotatable bonds is 7. The van der Waals surface area contributed by atoms with Gasteiger partial charge in [0.1, 0.15) is 0 Å². The van der Waals surface area contributed by atoms with Crippen molar-refractivity contribution in [1.82, 2.24) is 10.1 Å². The number of hydrogen-bond acceptors (Lipinski definition) is 3. The summed E-state index contributed by atoms with van der Waals surface area (Å²) in [5.41, 5.74) is 0.988. The SMILES string of the molecule is CCCCCCC1CCC(c2noc(-c3ccc(Br)cc3)n2)CC1. The summed E-state index contributed by atoms with van der Waals surface area (Å²) in [6.45, 7) is 2.28. The van der Waals surface area contributed by atoms with E-state index in [0.717, 1.165) is 21.8 Å². The zero-order valence-electron chi connectivity index (χ0n) is 14.5. The second-order valence-corrected chi connectivity index (χ2v) is 7.95. The summed E-state index contributed by atoms with van der Waals surface area (Å²) in [5, 5.41) is 4.25. The normalized spacial score (nSPS) is 21.1. The van der Waals surface area contributed by atoms with E-state index in [4.69, 9.17) is 4.52 Å². The molecule has 2 aromatic rings. The fraction of sp³-hybridized carbons (Fsp3) is 0.600. The molecule has 1 aromatic carbocycles. The van der Waals surface area contributed by atoms with Crippen LogP contribution in [-0.2, 0) is 0 Å². The Labute approximate surface area is 153 Å². The van der Waals surface area contributed by atoms with E-state index in [2.05, 4.69) is 33.0 Å². The second-order valence-electron chi connectivity index (χ2n) is 7.03. The summed E-state index contributed by atoms with van der Waals surface area (Å²) >= 11 is 3.45. The van der Waals surface area contributed by atoms with Crippen LogP contribution in [0.2, 0.25) is 0 Å². The van der Waals surface area contributed by atoms with Crippen LogP contribution in [-0.4, -0.2) is 10.1 Å². The van der Waals surface area contributed by atoms with Crippen LogP contribution in [0.1, 0.15) is 76.5 Å². The zero-order chi connectivity index (χ0) is 16.8. The molecule has 3 nitrogen and oxygen atoms in total. The standard InChI is InChI=1S/C20H27BrN2O/c1-2-3-4-5-6-15-7-9-16(10-8-15)19-22-20(24-23-19)17-11-13-18(21)14-12-17/h11-16H,2-10H2,1H3. The van der Waals surface area contributed by atoms with Gasteiger partial charge >= 0.3 is 0 Å². The van der Waals surface area contributed by atoms with Crippen LogP contribution in [0.3, 0.4) is 0 Å². The topological polar surface area (TPSA) is 38.9 Å². The molecule has 0 atom stereocenters. The minimum atomic E-state index is 0.477. The van der Waals surface area contributed by atoms with Gasteiger partial charge in [-0.2, -0.15) is 4.98 Å². The molecule has 0 radical (unpaired) electrons. The highest BCUT2D eigenvalue weighted by molar-refractivity contribution is 9.10. The molecule has 3 rings (SSSR count). The second kappa shape index (κ2) is 8.80. The molecule has 1 aliphatic rings. The number of halogens is 1. The van der Waals surface area contributed by atoms with Gasteiger partial charge in [-0.1, -0.05) is 60.1 Å². The third-order valence-corrected chi connectivity index (χ3v) is 5.74. The van der Waals surface area contributed by atoms with E-state index in [0.29, 0.717) is 11.8 Å². The predicted octanol–water partition coefficient (Wildman–Crippen LogP) is 6.74. The first-order chi connectivity index (χ1) is 11.8. The van der Waals surface area contributed by atoms with E-state index < -0.39 is 0 Å². The molecular formula is C20H27BrN2O. The molecule has 0 aliphatic heterocycles. The maximum Gasteiger partial charge on any atom is 0.257 e. The van der Waals surface area contributed by atoms with E-state index >= 15 is 0 Å². The lowest BCUT2D eigenvalue weighted by Crippen LogP contribution is -2.14. The zero-order valence-corrected chi connectivity index (χ0v) is 16.1. The van der Waals surface area contributed by atoms with Gasteiger partial charge in [0.2, 0.25) is 0 Å². The minimum Gasteiger partial charge on any atom is -0.334 e. The molecule has 4 heteroatoms. The Bertz CT molecular complexity index is 615. The quantitative estimate of drug-likeness (QED) is 0.491. The van der Waals surface area contributed by atoms with Crippen molar-refractivity contribution in [2.45, 2.75) is 70.6 Å². The molecule has 1 fully saturated rings. The number of aromatic nitrogens is 2. The number of hydrogen-bond donors (Lipinski definition) is 0. The predicted molar refractivity (Wildman–Crippen MR) is 101 cm³/mol. The summed E-state index contributed by atoms with van der Waals surface area (Å²) in [4.78, 5) is 4.65. The molecule has 0 spiro atoms. The number of unbranched alkanes of at least 4 members (excludes halogenated alkanes) is 3. The van der Waals surface area contributed by atoms with Crippen LogP contribution in [0.5, 0.6) is 0 Å². The van der Waals surface area contributed by atoms with E-state index in [-0.39, 0.29) is 0 Å². The van der Waals surface area contributed by atoms with Crippen LogP contribution in [0, 0.1) is 5.92 Å². The molecule has 0 bridgehead atoms. The van der Waals surface area contributed by atoms with Crippen molar-refractivity contribution in [1.29, 1.82) is 0 Å². The van der Waals surface area contributed by atoms with E-state index in [9.17, 15) is 0 Å². The third kappa shape index (κ3) is 4.69. The molecule has 24 heavy (non-hydrogen) atoms. The number of nitrogens with zero attached hydrogens (tertiary/aromatic N) is 2. The Kier molecular flexibility index (Phi) is 6.47. The van der Waals surface area contributed by atoms with E-state index in [1.54, 1.807) is 0 Å². The Hall–Kier alpha value is -1.16. The lowest BCUT2D eigenvalue weighted by molar-refractivity contribution is 0.291. The minimum absolute atomic E-state index is 0.477.